The minimum absolute atomic E-state index is 0.301. The summed E-state index contributed by atoms with van der Waals surface area (Å²) in [5, 5.41) is 11.2. The number of oxime groups is 1. The van der Waals surface area contributed by atoms with Crippen molar-refractivity contribution in [1.29, 1.82) is 0 Å². The first-order valence-corrected chi connectivity index (χ1v) is 5.58. The molecule has 4 nitrogen and oxygen atoms in total. The van der Waals surface area contributed by atoms with Gasteiger partial charge in [0.05, 0.1) is 0 Å². The summed E-state index contributed by atoms with van der Waals surface area (Å²) < 4.78 is 0. The molecular weight excluding hydrogens is 186 g/mol. The van der Waals surface area contributed by atoms with Crippen LogP contribution in [-0.4, -0.2) is 47.6 Å². The van der Waals surface area contributed by atoms with Gasteiger partial charge in [-0.05, 0) is 12.8 Å². The SMILES string of the molecule is CCSCCN(C)CCC(N)=NO. The lowest BCUT2D eigenvalue weighted by molar-refractivity contribution is 0.313. The molecule has 0 radical (unpaired) electrons. The van der Waals surface area contributed by atoms with Gasteiger partial charge in [0.15, 0.2) is 0 Å². The molecule has 0 rings (SSSR count). The van der Waals surface area contributed by atoms with Crippen molar-refractivity contribution in [1.82, 2.24) is 4.90 Å². The van der Waals surface area contributed by atoms with Crippen LogP contribution in [-0.2, 0) is 0 Å². The average molecular weight is 205 g/mol. The van der Waals surface area contributed by atoms with Crippen molar-refractivity contribution < 1.29 is 5.21 Å². The molecule has 0 bridgehead atoms. The van der Waals surface area contributed by atoms with E-state index in [0.29, 0.717) is 12.3 Å². The van der Waals surface area contributed by atoms with Crippen molar-refractivity contribution in [3.8, 4) is 0 Å². The van der Waals surface area contributed by atoms with Crippen molar-refractivity contribution in [3.05, 3.63) is 0 Å². The van der Waals surface area contributed by atoms with Crippen molar-refractivity contribution in [2.45, 2.75) is 13.3 Å². The van der Waals surface area contributed by atoms with Gasteiger partial charge in [-0.2, -0.15) is 11.8 Å². The number of rotatable bonds is 7. The van der Waals surface area contributed by atoms with Gasteiger partial charge in [0.1, 0.15) is 5.84 Å². The van der Waals surface area contributed by atoms with Crippen LogP contribution in [0.1, 0.15) is 13.3 Å². The predicted octanol–water partition coefficient (Wildman–Crippen LogP) is 0.808. The molecular formula is C8H19N3OS. The Hall–Kier alpha value is -0.420. The minimum atomic E-state index is 0.301. The molecule has 0 atom stereocenters. The summed E-state index contributed by atoms with van der Waals surface area (Å²) in [5.41, 5.74) is 5.34. The lowest BCUT2D eigenvalue weighted by Gasteiger charge is -2.15. The Labute approximate surface area is 84.2 Å². The fourth-order valence-electron chi connectivity index (χ4n) is 0.832. The predicted molar refractivity (Wildman–Crippen MR) is 58.5 cm³/mol. The third kappa shape index (κ3) is 7.93. The molecule has 0 amide bonds. The van der Waals surface area contributed by atoms with Gasteiger partial charge >= 0.3 is 0 Å². The monoisotopic (exact) mass is 205 g/mol. The summed E-state index contributed by atoms with van der Waals surface area (Å²) in [6.45, 7) is 4.05. The molecule has 3 N–H and O–H groups in total. The molecule has 0 saturated carbocycles. The van der Waals surface area contributed by atoms with E-state index < -0.39 is 0 Å². The Morgan fingerprint density at radius 3 is 2.77 bits per heavy atom. The second-order valence-corrected chi connectivity index (χ2v) is 4.24. The van der Waals surface area contributed by atoms with Gasteiger partial charge in [0, 0.05) is 25.3 Å². The first-order valence-electron chi connectivity index (χ1n) is 4.43. The van der Waals surface area contributed by atoms with Crippen molar-refractivity contribution in [2.24, 2.45) is 10.9 Å². The highest BCUT2D eigenvalue weighted by molar-refractivity contribution is 7.99. The second-order valence-electron chi connectivity index (χ2n) is 2.84. The van der Waals surface area contributed by atoms with Crippen LogP contribution in [0.15, 0.2) is 5.16 Å². The molecule has 0 aliphatic carbocycles. The Bertz CT molecular complexity index is 152. The van der Waals surface area contributed by atoms with E-state index in [1.54, 1.807) is 0 Å². The normalized spacial score (nSPS) is 12.4. The van der Waals surface area contributed by atoms with E-state index in [9.17, 15) is 0 Å². The molecule has 0 aromatic heterocycles. The Kier molecular flexibility index (Phi) is 7.93. The molecule has 0 aliphatic rings. The quantitative estimate of drug-likeness (QED) is 0.212. The number of hydrogen-bond acceptors (Lipinski definition) is 4. The molecule has 0 unspecified atom stereocenters. The molecule has 13 heavy (non-hydrogen) atoms. The van der Waals surface area contributed by atoms with E-state index in [4.69, 9.17) is 10.9 Å². The number of thioether (sulfide) groups is 1. The lowest BCUT2D eigenvalue weighted by atomic mass is 10.4. The van der Waals surface area contributed by atoms with Crippen molar-refractivity contribution in [3.63, 3.8) is 0 Å². The fraction of sp³-hybridized carbons (Fsp3) is 0.875. The summed E-state index contributed by atoms with van der Waals surface area (Å²) in [4.78, 5) is 2.18. The van der Waals surface area contributed by atoms with Gasteiger partial charge < -0.3 is 15.8 Å². The number of amidine groups is 1. The number of nitrogens with zero attached hydrogens (tertiary/aromatic N) is 2. The Morgan fingerprint density at radius 2 is 2.23 bits per heavy atom. The molecule has 0 spiro atoms. The number of nitrogens with two attached hydrogens (primary N) is 1. The largest absolute Gasteiger partial charge is 0.409 e. The van der Waals surface area contributed by atoms with Gasteiger partial charge in [-0.3, -0.25) is 0 Å². The van der Waals surface area contributed by atoms with Crippen molar-refractivity contribution >= 4 is 17.6 Å². The molecule has 0 aliphatic heterocycles. The van der Waals surface area contributed by atoms with E-state index in [2.05, 4.69) is 17.0 Å². The van der Waals surface area contributed by atoms with Gasteiger partial charge in [-0.15, -0.1) is 0 Å². The molecule has 5 heteroatoms. The van der Waals surface area contributed by atoms with E-state index in [-0.39, 0.29) is 0 Å². The molecule has 0 fully saturated rings. The first-order chi connectivity index (χ1) is 6.20. The van der Waals surface area contributed by atoms with Crippen LogP contribution in [0.25, 0.3) is 0 Å². The lowest BCUT2D eigenvalue weighted by Crippen LogP contribution is -2.26. The van der Waals surface area contributed by atoms with E-state index in [0.717, 1.165) is 24.6 Å². The molecule has 78 valence electrons. The molecule has 0 saturated heterocycles. The summed E-state index contributed by atoms with van der Waals surface area (Å²) in [6, 6.07) is 0. The van der Waals surface area contributed by atoms with Crippen LogP contribution in [0, 0.1) is 0 Å². The zero-order valence-electron chi connectivity index (χ0n) is 8.36. The maximum absolute atomic E-state index is 8.30. The summed E-state index contributed by atoms with van der Waals surface area (Å²) in [6.07, 6.45) is 0.629. The van der Waals surface area contributed by atoms with Crippen molar-refractivity contribution in [2.75, 3.05) is 31.6 Å². The van der Waals surface area contributed by atoms with Gasteiger partial charge in [0.2, 0.25) is 0 Å². The average Bonchev–Trinajstić information content (AvgIpc) is 2.14. The smallest absolute Gasteiger partial charge is 0.140 e. The standard InChI is InChI=1S/C8H19N3OS/c1-3-13-7-6-11(2)5-4-8(9)10-12/h12H,3-7H2,1-2H3,(H2,9,10). The second kappa shape index (κ2) is 8.19. The van der Waals surface area contributed by atoms with Crippen LogP contribution < -0.4 is 5.73 Å². The van der Waals surface area contributed by atoms with Crippen LogP contribution in [0.4, 0.5) is 0 Å². The highest BCUT2D eigenvalue weighted by Crippen LogP contribution is 1.98. The highest BCUT2D eigenvalue weighted by atomic mass is 32.2. The summed E-state index contributed by atoms with van der Waals surface area (Å²) in [7, 11) is 2.04. The first kappa shape index (κ1) is 12.6. The zero-order valence-corrected chi connectivity index (χ0v) is 9.18. The van der Waals surface area contributed by atoms with Crippen LogP contribution in [0.2, 0.25) is 0 Å². The van der Waals surface area contributed by atoms with Gasteiger partial charge in [-0.25, -0.2) is 0 Å². The van der Waals surface area contributed by atoms with Crippen LogP contribution >= 0.6 is 11.8 Å². The molecule has 0 heterocycles. The van der Waals surface area contributed by atoms with Crippen LogP contribution in [0.3, 0.4) is 0 Å². The fourth-order valence-corrected chi connectivity index (χ4v) is 1.56. The minimum Gasteiger partial charge on any atom is -0.409 e. The maximum Gasteiger partial charge on any atom is 0.140 e. The molecule has 0 aromatic carbocycles. The zero-order chi connectivity index (χ0) is 10.1. The Balaban J connectivity index is 3.34. The Morgan fingerprint density at radius 1 is 1.54 bits per heavy atom. The third-order valence-corrected chi connectivity index (χ3v) is 2.58. The summed E-state index contributed by atoms with van der Waals surface area (Å²) in [5.74, 6) is 2.60. The molecule has 0 aromatic rings. The van der Waals surface area contributed by atoms with E-state index in [1.807, 2.05) is 18.8 Å². The maximum atomic E-state index is 8.30. The van der Waals surface area contributed by atoms with Crippen LogP contribution in [0.5, 0.6) is 0 Å². The van der Waals surface area contributed by atoms with Gasteiger partial charge in [-0.1, -0.05) is 12.1 Å². The highest BCUT2D eigenvalue weighted by Gasteiger charge is 1.99. The van der Waals surface area contributed by atoms with E-state index in [1.165, 1.54) is 0 Å². The summed E-state index contributed by atoms with van der Waals surface area (Å²) >= 11 is 1.92. The topological polar surface area (TPSA) is 61.8 Å². The number of hydrogen-bond donors (Lipinski definition) is 2. The van der Waals surface area contributed by atoms with Gasteiger partial charge in [0.25, 0.3) is 0 Å². The third-order valence-electron chi connectivity index (χ3n) is 1.70. The van der Waals surface area contributed by atoms with E-state index >= 15 is 0 Å².